The zero-order valence-corrected chi connectivity index (χ0v) is 11.3. The maximum Gasteiger partial charge on any atom is 0.326 e. The van der Waals surface area contributed by atoms with Crippen molar-refractivity contribution >= 4 is 34.8 Å². The number of phenols is 1. The number of nitrogen functional groups attached to an aromatic ring is 1. The van der Waals surface area contributed by atoms with E-state index in [-0.39, 0.29) is 29.1 Å². The molecule has 0 saturated heterocycles. The fraction of sp³-hybridized carbons (Fsp3) is 0.250. The monoisotopic (exact) mass is 297 g/mol. The predicted octanol–water partition coefficient (Wildman–Crippen LogP) is 0.224. The van der Waals surface area contributed by atoms with Crippen molar-refractivity contribution in [1.82, 2.24) is 5.32 Å². The van der Waals surface area contributed by atoms with Crippen molar-refractivity contribution < 1.29 is 19.8 Å². The summed E-state index contributed by atoms with van der Waals surface area (Å²) in [7, 11) is 0. The lowest BCUT2D eigenvalue weighted by atomic mass is 10.1. The van der Waals surface area contributed by atoms with Gasteiger partial charge in [0.2, 0.25) is 0 Å². The summed E-state index contributed by atoms with van der Waals surface area (Å²) < 4.78 is 0. The molecule has 7 nitrogen and oxygen atoms in total. The van der Waals surface area contributed by atoms with Crippen molar-refractivity contribution in [1.29, 1.82) is 0 Å². The maximum absolute atomic E-state index is 11.9. The van der Waals surface area contributed by atoms with Crippen LogP contribution in [0.15, 0.2) is 18.2 Å². The van der Waals surface area contributed by atoms with E-state index >= 15 is 0 Å². The molecule has 0 aliphatic rings. The van der Waals surface area contributed by atoms with Gasteiger partial charge in [0.1, 0.15) is 11.8 Å². The van der Waals surface area contributed by atoms with Gasteiger partial charge in [-0.1, -0.05) is 12.2 Å². The first-order chi connectivity index (χ1) is 9.31. The first-order valence-electron chi connectivity index (χ1n) is 5.71. The number of aromatic hydroxyl groups is 1. The van der Waals surface area contributed by atoms with Gasteiger partial charge in [-0.05, 0) is 18.6 Å². The van der Waals surface area contributed by atoms with Crippen LogP contribution in [0, 0.1) is 0 Å². The molecule has 0 saturated carbocycles. The molecule has 1 unspecified atom stereocenters. The number of phenolic OH excluding ortho intramolecular Hbond substituents is 1. The third kappa shape index (κ3) is 4.39. The minimum atomic E-state index is -1.20. The number of carbonyl (C=O) groups excluding carboxylic acids is 1. The molecule has 0 aliphatic carbocycles. The molecule has 8 heteroatoms. The number of nitrogens with two attached hydrogens (primary N) is 2. The van der Waals surface area contributed by atoms with E-state index in [0.717, 1.165) is 0 Å². The Labute approximate surface area is 120 Å². The Kier molecular flexibility index (Phi) is 5.27. The zero-order chi connectivity index (χ0) is 15.3. The Bertz CT molecular complexity index is 548. The lowest BCUT2D eigenvalue weighted by Crippen LogP contribution is -2.41. The van der Waals surface area contributed by atoms with Crippen LogP contribution in [0.2, 0.25) is 0 Å². The molecule has 7 N–H and O–H groups in total. The second-order valence-electron chi connectivity index (χ2n) is 4.15. The first kappa shape index (κ1) is 15.7. The molecule has 0 aromatic heterocycles. The number of rotatable bonds is 6. The molecule has 20 heavy (non-hydrogen) atoms. The summed E-state index contributed by atoms with van der Waals surface area (Å²) in [5.41, 5.74) is 11.0. The smallest absolute Gasteiger partial charge is 0.326 e. The summed E-state index contributed by atoms with van der Waals surface area (Å²) in [4.78, 5) is 23.1. The second-order valence-corrected chi connectivity index (χ2v) is 4.67. The highest BCUT2D eigenvalue weighted by Crippen LogP contribution is 2.20. The number of nitrogens with one attached hydrogen (secondary N) is 1. The molecular formula is C12H15N3O4S. The number of benzene rings is 1. The number of carboxylic acids is 1. The summed E-state index contributed by atoms with van der Waals surface area (Å²) >= 11 is 4.66. The Morgan fingerprint density at radius 1 is 1.40 bits per heavy atom. The summed E-state index contributed by atoms with van der Waals surface area (Å²) in [5.74, 6) is -2.23. The molecule has 1 aromatic rings. The van der Waals surface area contributed by atoms with Gasteiger partial charge in [0.15, 0.2) is 0 Å². The van der Waals surface area contributed by atoms with Gasteiger partial charge >= 0.3 is 5.97 Å². The van der Waals surface area contributed by atoms with Crippen LogP contribution in [0.4, 0.5) is 5.69 Å². The van der Waals surface area contributed by atoms with Crippen LogP contribution in [0.3, 0.4) is 0 Å². The zero-order valence-electron chi connectivity index (χ0n) is 10.5. The fourth-order valence-electron chi connectivity index (χ4n) is 1.52. The number of thiocarbonyl (C=S) groups is 1. The Balaban J connectivity index is 2.80. The van der Waals surface area contributed by atoms with Crippen molar-refractivity contribution in [3.63, 3.8) is 0 Å². The molecular weight excluding hydrogens is 282 g/mol. The predicted molar refractivity (Wildman–Crippen MR) is 77.4 cm³/mol. The largest absolute Gasteiger partial charge is 0.507 e. The standard InChI is InChI=1S/C12H15N3O4S/c13-6-1-2-7(9(16)5-6)11(17)15-8(12(18)19)3-4-10(14)20/h1-2,5,8,16H,3-4,13H2,(H2,14,20)(H,15,17)(H,18,19). The second kappa shape index (κ2) is 6.71. The quantitative estimate of drug-likeness (QED) is 0.374. The third-order valence-electron chi connectivity index (χ3n) is 2.55. The molecule has 1 aromatic carbocycles. The van der Waals surface area contributed by atoms with Crippen molar-refractivity contribution in [3.8, 4) is 5.75 Å². The highest BCUT2D eigenvalue weighted by Gasteiger charge is 2.22. The van der Waals surface area contributed by atoms with Crippen LogP contribution in [0.25, 0.3) is 0 Å². The van der Waals surface area contributed by atoms with Crippen LogP contribution >= 0.6 is 12.2 Å². The van der Waals surface area contributed by atoms with Crippen LogP contribution in [0.1, 0.15) is 23.2 Å². The van der Waals surface area contributed by atoms with Crippen molar-refractivity contribution in [2.24, 2.45) is 5.73 Å². The molecule has 1 atom stereocenters. The molecule has 108 valence electrons. The summed E-state index contributed by atoms with van der Waals surface area (Å²) in [5, 5.41) is 20.9. The lowest BCUT2D eigenvalue weighted by molar-refractivity contribution is -0.139. The SMILES string of the molecule is NC(=S)CCC(NC(=O)c1ccc(N)cc1O)C(=O)O. The first-order valence-corrected chi connectivity index (χ1v) is 6.12. The van der Waals surface area contributed by atoms with E-state index in [4.69, 9.17) is 16.6 Å². The molecule has 0 aliphatic heterocycles. The normalized spacial score (nSPS) is 11.6. The number of aliphatic carboxylic acids is 1. The van der Waals surface area contributed by atoms with E-state index in [2.05, 4.69) is 17.5 Å². The van der Waals surface area contributed by atoms with Crippen molar-refractivity contribution in [2.45, 2.75) is 18.9 Å². The van der Waals surface area contributed by atoms with Gasteiger partial charge in [-0.25, -0.2) is 4.79 Å². The molecule has 0 fully saturated rings. The lowest BCUT2D eigenvalue weighted by Gasteiger charge is -2.14. The fourth-order valence-corrected chi connectivity index (χ4v) is 1.64. The van der Waals surface area contributed by atoms with E-state index in [9.17, 15) is 14.7 Å². The number of hydrogen-bond acceptors (Lipinski definition) is 5. The van der Waals surface area contributed by atoms with Crippen LogP contribution in [0.5, 0.6) is 5.75 Å². The number of hydrogen-bond donors (Lipinski definition) is 5. The molecule has 1 amide bonds. The van der Waals surface area contributed by atoms with Gasteiger partial charge in [0, 0.05) is 18.2 Å². The molecule has 0 spiro atoms. The van der Waals surface area contributed by atoms with Gasteiger partial charge in [-0.15, -0.1) is 0 Å². The van der Waals surface area contributed by atoms with Gasteiger partial charge < -0.3 is 27.0 Å². The molecule has 0 radical (unpaired) electrons. The van der Waals surface area contributed by atoms with Crippen molar-refractivity contribution in [3.05, 3.63) is 23.8 Å². The van der Waals surface area contributed by atoms with Crippen molar-refractivity contribution in [2.75, 3.05) is 5.73 Å². The third-order valence-corrected chi connectivity index (χ3v) is 2.75. The molecule has 0 bridgehead atoms. The van der Waals surface area contributed by atoms with E-state index < -0.39 is 17.9 Å². The Morgan fingerprint density at radius 3 is 2.55 bits per heavy atom. The summed E-state index contributed by atoms with van der Waals surface area (Å²) in [6, 6.07) is 2.81. The number of carbonyl (C=O) groups is 2. The molecule has 0 heterocycles. The van der Waals surface area contributed by atoms with E-state index in [1.807, 2.05) is 0 Å². The van der Waals surface area contributed by atoms with E-state index in [1.165, 1.54) is 18.2 Å². The minimum absolute atomic E-state index is 0.0548. The topological polar surface area (TPSA) is 139 Å². The number of amides is 1. The van der Waals surface area contributed by atoms with Gasteiger partial charge in [-0.2, -0.15) is 0 Å². The van der Waals surface area contributed by atoms with Gasteiger partial charge in [0.25, 0.3) is 5.91 Å². The van der Waals surface area contributed by atoms with E-state index in [1.54, 1.807) is 0 Å². The number of carboxylic acid groups (broad SMARTS) is 1. The summed E-state index contributed by atoms with van der Waals surface area (Å²) in [6.07, 6.45) is 0.270. The highest BCUT2D eigenvalue weighted by molar-refractivity contribution is 7.80. The van der Waals surface area contributed by atoms with E-state index in [0.29, 0.717) is 5.69 Å². The van der Waals surface area contributed by atoms with Crippen LogP contribution in [-0.2, 0) is 4.79 Å². The van der Waals surface area contributed by atoms with Crippen LogP contribution < -0.4 is 16.8 Å². The average molecular weight is 297 g/mol. The Morgan fingerprint density at radius 2 is 2.05 bits per heavy atom. The highest BCUT2D eigenvalue weighted by atomic mass is 32.1. The maximum atomic E-state index is 11.9. The van der Waals surface area contributed by atoms with Crippen LogP contribution in [-0.4, -0.2) is 33.1 Å². The Hall–Kier alpha value is -2.35. The van der Waals surface area contributed by atoms with Gasteiger partial charge in [0.05, 0.1) is 10.6 Å². The summed E-state index contributed by atoms with van der Waals surface area (Å²) in [6.45, 7) is 0. The van der Waals surface area contributed by atoms with Gasteiger partial charge in [-0.3, -0.25) is 4.79 Å². The minimum Gasteiger partial charge on any atom is -0.507 e. The molecule has 1 rings (SSSR count). The average Bonchev–Trinajstić information content (AvgIpc) is 2.33. The number of anilines is 1.